The van der Waals surface area contributed by atoms with Crippen LogP contribution in [0.4, 0.5) is 26.3 Å². The molecule has 0 spiro atoms. The normalized spacial score (nSPS) is 20.2. The predicted molar refractivity (Wildman–Crippen MR) is 69.0 cm³/mol. The van der Waals surface area contributed by atoms with Crippen molar-refractivity contribution in [3.63, 3.8) is 0 Å². The Labute approximate surface area is 124 Å². The van der Waals surface area contributed by atoms with Crippen molar-refractivity contribution in [1.82, 2.24) is 0 Å². The van der Waals surface area contributed by atoms with Gasteiger partial charge in [-0.2, -0.15) is 26.3 Å². The summed E-state index contributed by atoms with van der Waals surface area (Å²) in [4.78, 5) is 0. The van der Waals surface area contributed by atoms with Crippen LogP contribution >= 0.6 is 15.9 Å². The zero-order chi connectivity index (χ0) is 16.0. The zero-order valence-electron chi connectivity index (χ0n) is 10.4. The van der Waals surface area contributed by atoms with Crippen LogP contribution in [0.5, 0.6) is 0 Å². The summed E-state index contributed by atoms with van der Waals surface area (Å²) >= 11 is 2.79. The molecule has 0 radical (unpaired) electrons. The Bertz CT molecular complexity index is 587. The van der Waals surface area contributed by atoms with Crippen LogP contribution in [-0.4, -0.2) is 6.18 Å². The summed E-state index contributed by atoms with van der Waals surface area (Å²) in [6.45, 7) is 0. The highest BCUT2D eigenvalue weighted by molar-refractivity contribution is 9.10. The van der Waals surface area contributed by atoms with E-state index in [4.69, 9.17) is 5.73 Å². The molecule has 1 atom stereocenters. The Kier molecular flexibility index (Phi) is 4.03. The minimum Gasteiger partial charge on any atom is -0.402 e. The highest BCUT2D eigenvalue weighted by Crippen LogP contribution is 2.45. The third-order valence-corrected chi connectivity index (χ3v) is 4.08. The molecule has 0 fully saturated rings. The summed E-state index contributed by atoms with van der Waals surface area (Å²) in [5.74, 6) is -1.63. The van der Waals surface area contributed by atoms with Crippen LogP contribution in [-0.2, 0) is 6.18 Å². The molecule has 116 valence electrons. The molecule has 0 aromatic heterocycles. The topological polar surface area (TPSA) is 26.0 Å². The second-order valence-corrected chi connectivity index (χ2v) is 5.70. The Morgan fingerprint density at radius 1 is 1.05 bits per heavy atom. The standard InChI is InChI=1S/C13H10BrF6N/c14-10-2-1-6(3-9(10)13(18,19)20)8-4-7(5-11(8)21)12(15,16)17/h1-3,7H,4-5,21H2. The van der Waals surface area contributed by atoms with Gasteiger partial charge in [0.15, 0.2) is 0 Å². The molecule has 1 nitrogen and oxygen atoms in total. The van der Waals surface area contributed by atoms with Crippen molar-refractivity contribution in [2.45, 2.75) is 25.2 Å². The van der Waals surface area contributed by atoms with Crippen molar-refractivity contribution in [3.8, 4) is 0 Å². The van der Waals surface area contributed by atoms with Gasteiger partial charge in [-0.25, -0.2) is 0 Å². The van der Waals surface area contributed by atoms with E-state index in [0.29, 0.717) is 0 Å². The van der Waals surface area contributed by atoms with Gasteiger partial charge in [-0.15, -0.1) is 0 Å². The van der Waals surface area contributed by atoms with E-state index < -0.39 is 30.3 Å². The SMILES string of the molecule is NC1=C(c2ccc(Br)c(C(F)(F)F)c2)CC(C(F)(F)F)C1. The molecular formula is C13H10BrF6N. The van der Waals surface area contributed by atoms with Gasteiger partial charge in [0.2, 0.25) is 0 Å². The van der Waals surface area contributed by atoms with Crippen LogP contribution in [0.15, 0.2) is 28.4 Å². The lowest BCUT2D eigenvalue weighted by Gasteiger charge is -2.15. The first-order valence-electron chi connectivity index (χ1n) is 5.91. The number of nitrogens with two attached hydrogens (primary N) is 1. The van der Waals surface area contributed by atoms with E-state index in [2.05, 4.69) is 15.9 Å². The molecule has 1 aliphatic carbocycles. The highest BCUT2D eigenvalue weighted by atomic mass is 79.9. The Morgan fingerprint density at radius 2 is 1.67 bits per heavy atom. The van der Waals surface area contributed by atoms with Crippen LogP contribution in [0.1, 0.15) is 24.0 Å². The molecule has 0 amide bonds. The molecule has 8 heteroatoms. The van der Waals surface area contributed by atoms with E-state index in [0.717, 1.165) is 6.07 Å². The lowest BCUT2D eigenvalue weighted by atomic mass is 9.99. The third-order valence-electron chi connectivity index (χ3n) is 3.39. The molecule has 0 saturated heterocycles. The maximum Gasteiger partial charge on any atom is 0.417 e. The van der Waals surface area contributed by atoms with Crippen LogP contribution in [0.2, 0.25) is 0 Å². The van der Waals surface area contributed by atoms with Crippen molar-refractivity contribution in [3.05, 3.63) is 39.5 Å². The first kappa shape index (κ1) is 16.2. The lowest BCUT2D eigenvalue weighted by molar-refractivity contribution is -0.170. The fraction of sp³-hybridized carbons (Fsp3) is 0.385. The van der Waals surface area contributed by atoms with Crippen LogP contribution in [0.3, 0.4) is 0 Å². The van der Waals surface area contributed by atoms with Crippen molar-refractivity contribution < 1.29 is 26.3 Å². The molecule has 2 N–H and O–H groups in total. The van der Waals surface area contributed by atoms with Crippen molar-refractivity contribution in [1.29, 1.82) is 0 Å². The average Bonchev–Trinajstić information content (AvgIpc) is 2.70. The largest absolute Gasteiger partial charge is 0.417 e. The fourth-order valence-electron chi connectivity index (χ4n) is 2.30. The molecule has 1 aromatic carbocycles. The van der Waals surface area contributed by atoms with E-state index in [1.165, 1.54) is 12.1 Å². The van der Waals surface area contributed by atoms with E-state index >= 15 is 0 Å². The maximum absolute atomic E-state index is 12.8. The molecule has 2 rings (SSSR count). The summed E-state index contributed by atoms with van der Waals surface area (Å²) in [6.07, 6.45) is -9.77. The Balaban J connectivity index is 2.38. The van der Waals surface area contributed by atoms with E-state index in [1.54, 1.807) is 0 Å². The van der Waals surface area contributed by atoms with Gasteiger partial charge in [-0.05, 0) is 36.1 Å². The monoisotopic (exact) mass is 373 g/mol. The van der Waals surface area contributed by atoms with Gasteiger partial charge in [0.25, 0.3) is 0 Å². The number of allylic oxidation sites excluding steroid dienone is 2. The van der Waals surface area contributed by atoms with Gasteiger partial charge in [-0.1, -0.05) is 22.0 Å². The first-order valence-corrected chi connectivity index (χ1v) is 6.70. The summed E-state index contributed by atoms with van der Waals surface area (Å²) < 4.78 is 76.4. The van der Waals surface area contributed by atoms with Crippen molar-refractivity contribution >= 4 is 21.5 Å². The van der Waals surface area contributed by atoms with Gasteiger partial charge in [-0.3, -0.25) is 0 Å². The molecule has 1 aliphatic rings. The Morgan fingerprint density at radius 3 is 2.14 bits per heavy atom. The highest BCUT2D eigenvalue weighted by Gasteiger charge is 2.44. The van der Waals surface area contributed by atoms with Gasteiger partial charge in [0.05, 0.1) is 11.5 Å². The number of benzene rings is 1. The molecule has 0 heterocycles. The minimum atomic E-state index is -4.59. The first-order chi connectivity index (χ1) is 9.50. The molecule has 0 aliphatic heterocycles. The second-order valence-electron chi connectivity index (χ2n) is 4.84. The lowest BCUT2D eigenvalue weighted by Crippen LogP contribution is -2.20. The summed E-state index contributed by atoms with van der Waals surface area (Å²) in [5, 5.41) is 0. The Hall–Kier alpha value is -1.18. The van der Waals surface area contributed by atoms with Gasteiger partial charge in [0, 0.05) is 10.2 Å². The van der Waals surface area contributed by atoms with Crippen LogP contribution in [0.25, 0.3) is 5.57 Å². The summed E-state index contributed by atoms with van der Waals surface area (Å²) in [5.41, 5.74) is 4.85. The molecule has 0 bridgehead atoms. The van der Waals surface area contributed by atoms with Crippen molar-refractivity contribution in [2.75, 3.05) is 0 Å². The number of hydrogen-bond acceptors (Lipinski definition) is 1. The maximum atomic E-state index is 12.8. The minimum absolute atomic E-state index is 0.00669. The van der Waals surface area contributed by atoms with E-state index in [-0.39, 0.29) is 27.7 Å². The zero-order valence-corrected chi connectivity index (χ0v) is 12.0. The van der Waals surface area contributed by atoms with E-state index in [1.807, 2.05) is 0 Å². The van der Waals surface area contributed by atoms with Crippen molar-refractivity contribution in [2.24, 2.45) is 11.7 Å². The molecule has 21 heavy (non-hydrogen) atoms. The molecular weight excluding hydrogens is 364 g/mol. The smallest absolute Gasteiger partial charge is 0.402 e. The second kappa shape index (κ2) is 5.23. The number of alkyl halides is 6. The molecule has 1 unspecified atom stereocenters. The average molecular weight is 374 g/mol. The number of halogens is 7. The van der Waals surface area contributed by atoms with Gasteiger partial charge in [0.1, 0.15) is 0 Å². The third kappa shape index (κ3) is 3.36. The molecule has 0 saturated carbocycles. The van der Waals surface area contributed by atoms with Gasteiger partial charge < -0.3 is 5.73 Å². The van der Waals surface area contributed by atoms with Crippen LogP contribution < -0.4 is 5.73 Å². The predicted octanol–water partition coefficient (Wildman–Crippen LogP) is 5.11. The summed E-state index contributed by atoms with van der Waals surface area (Å²) in [6, 6.07) is 3.32. The van der Waals surface area contributed by atoms with Crippen LogP contribution in [0, 0.1) is 5.92 Å². The van der Waals surface area contributed by atoms with Gasteiger partial charge >= 0.3 is 12.4 Å². The number of rotatable bonds is 1. The summed E-state index contributed by atoms with van der Waals surface area (Å²) in [7, 11) is 0. The number of hydrogen-bond donors (Lipinski definition) is 1. The fourth-order valence-corrected chi connectivity index (χ4v) is 2.77. The molecule has 1 aromatic rings. The van der Waals surface area contributed by atoms with E-state index in [9.17, 15) is 26.3 Å². The quantitative estimate of drug-likeness (QED) is 0.680.